The summed E-state index contributed by atoms with van der Waals surface area (Å²) in [7, 11) is 0. The summed E-state index contributed by atoms with van der Waals surface area (Å²) < 4.78 is 5.29. The molecule has 1 aromatic rings. The van der Waals surface area contributed by atoms with E-state index in [9.17, 15) is 4.79 Å². The van der Waals surface area contributed by atoms with Crippen LogP contribution in [0.4, 0.5) is 10.6 Å². The molecule has 2 heterocycles. The molecule has 1 fully saturated rings. The first-order valence-electron chi connectivity index (χ1n) is 7.50. The molecule has 116 valence electrons. The van der Waals surface area contributed by atoms with E-state index in [2.05, 4.69) is 28.2 Å². The number of hydrogen-bond donors (Lipinski definition) is 1. The summed E-state index contributed by atoms with van der Waals surface area (Å²) in [5.41, 5.74) is 0.769. The van der Waals surface area contributed by atoms with Gasteiger partial charge in [0.15, 0.2) is 0 Å². The SMILES string of the molecule is Cc1ccnc(N2CCC(NC(=O)OC(C)(C)C)CC2)c1. The lowest BCUT2D eigenvalue weighted by molar-refractivity contribution is 0.0497. The van der Waals surface area contributed by atoms with E-state index < -0.39 is 5.60 Å². The molecule has 1 saturated heterocycles. The number of amides is 1. The van der Waals surface area contributed by atoms with Gasteiger partial charge in [0.2, 0.25) is 0 Å². The Morgan fingerprint density at radius 1 is 1.38 bits per heavy atom. The number of carbonyl (C=O) groups excluding carboxylic acids is 1. The van der Waals surface area contributed by atoms with Crippen molar-refractivity contribution in [2.45, 2.75) is 52.2 Å². The van der Waals surface area contributed by atoms with Gasteiger partial charge in [-0.3, -0.25) is 0 Å². The number of anilines is 1. The molecule has 1 aliphatic rings. The zero-order valence-electron chi connectivity index (χ0n) is 13.3. The average molecular weight is 291 g/mol. The van der Waals surface area contributed by atoms with Gasteiger partial charge in [-0.25, -0.2) is 9.78 Å². The van der Waals surface area contributed by atoms with Crippen LogP contribution in [0.2, 0.25) is 0 Å². The van der Waals surface area contributed by atoms with Crippen LogP contribution in [0.5, 0.6) is 0 Å². The zero-order chi connectivity index (χ0) is 15.5. The fraction of sp³-hybridized carbons (Fsp3) is 0.625. The Balaban J connectivity index is 1.82. The van der Waals surface area contributed by atoms with Gasteiger partial charge in [-0.05, 0) is 58.2 Å². The maximum atomic E-state index is 11.8. The predicted octanol–water partition coefficient (Wildman–Crippen LogP) is 2.88. The Kier molecular flexibility index (Phi) is 4.70. The second-order valence-electron chi connectivity index (χ2n) is 6.60. The van der Waals surface area contributed by atoms with Gasteiger partial charge in [0.1, 0.15) is 11.4 Å². The molecule has 0 aromatic carbocycles. The van der Waals surface area contributed by atoms with Crippen molar-refractivity contribution < 1.29 is 9.53 Å². The summed E-state index contributed by atoms with van der Waals surface area (Å²) in [6.45, 7) is 9.49. The Morgan fingerprint density at radius 3 is 2.62 bits per heavy atom. The number of pyridine rings is 1. The molecule has 1 aromatic heterocycles. The minimum Gasteiger partial charge on any atom is -0.444 e. The second-order valence-corrected chi connectivity index (χ2v) is 6.60. The molecule has 1 amide bonds. The maximum absolute atomic E-state index is 11.8. The highest BCUT2D eigenvalue weighted by atomic mass is 16.6. The number of piperidine rings is 1. The number of aromatic nitrogens is 1. The molecule has 0 radical (unpaired) electrons. The van der Waals surface area contributed by atoms with E-state index in [0.717, 1.165) is 31.7 Å². The maximum Gasteiger partial charge on any atom is 0.407 e. The topological polar surface area (TPSA) is 54.5 Å². The summed E-state index contributed by atoms with van der Waals surface area (Å²) in [5, 5.41) is 2.95. The molecule has 21 heavy (non-hydrogen) atoms. The van der Waals surface area contributed by atoms with E-state index in [-0.39, 0.29) is 12.1 Å². The van der Waals surface area contributed by atoms with Gasteiger partial charge in [0, 0.05) is 25.3 Å². The fourth-order valence-electron chi connectivity index (χ4n) is 2.42. The van der Waals surface area contributed by atoms with Crippen LogP contribution in [0.3, 0.4) is 0 Å². The largest absolute Gasteiger partial charge is 0.444 e. The van der Waals surface area contributed by atoms with E-state index in [1.165, 1.54) is 5.56 Å². The zero-order valence-corrected chi connectivity index (χ0v) is 13.3. The van der Waals surface area contributed by atoms with Crippen molar-refractivity contribution in [3.05, 3.63) is 23.9 Å². The summed E-state index contributed by atoms with van der Waals surface area (Å²) in [4.78, 5) is 18.4. The predicted molar refractivity (Wildman–Crippen MR) is 83.6 cm³/mol. The van der Waals surface area contributed by atoms with E-state index in [0.29, 0.717) is 0 Å². The van der Waals surface area contributed by atoms with E-state index in [4.69, 9.17) is 4.74 Å². The molecule has 0 aliphatic carbocycles. The second kappa shape index (κ2) is 6.33. The van der Waals surface area contributed by atoms with Gasteiger partial charge in [0.25, 0.3) is 0 Å². The van der Waals surface area contributed by atoms with E-state index in [1.807, 2.05) is 33.0 Å². The highest BCUT2D eigenvalue weighted by Crippen LogP contribution is 2.19. The molecule has 0 unspecified atom stereocenters. The first-order chi connectivity index (χ1) is 9.83. The minimum absolute atomic E-state index is 0.181. The molecule has 0 spiro atoms. The van der Waals surface area contributed by atoms with E-state index >= 15 is 0 Å². The smallest absolute Gasteiger partial charge is 0.407 e. The van der Waals surface area contributed by atoms with E-state index in [1.54, 1.807) is 0 Å². The number of hydrogen-bond acceptors (Lipinski definition) is 4. The van der Waals surface area contributed by atoms with Crippen LogP contribution in [0.15, 0.2) is 18.3 Å². The van der Waals surface area contributed by atoms with Gasteiger partial charge in [-0.1, -0.05) is 0 Å². The van der Waals surface area contributed by atoms with Crippen LogP contribution in [-0.4, -0.2) is 35.8 Å². The third-order valence-corrected chi connectivity index (χ3v) is 3.44. The molecule has 2 rings (SSSR count). The van der Waals surface area contributed by atoms with Crippen molar-refractivity contribution in [1.29, 1.82) is 0 Å². The normalized spacial score (nSPS) is 16.7. The standard InChI is InChI=1S/C16H25N3O2/c1-12-5-8-17-14(11-12)19-9-6-13(7-10-19)18-15(20)21-16(2,3)4/h5,8,11,13H,6-7,9-10H2,1-4H3,(H,18,20). The molecule has 0 atom stereocenters. The first kappa shape index (κ1) is 15.6. The van der Waals surface area contributed by atoms with Crippen LogP contribution in [0.25, 0.3) is 0 Å². The van der Waals surface area contributed by atoms with Crippen molar-refractivity contribution in [3.63, 3.8) is 0 Å². The van der Waals surface area contributed by atoms with Crippen LogP contribution in [0, 0.1) is 6.92 Å². The Labute approximate surface area is 126 Å². The third kappa shape index (κ3) is 4.92. The number of ether oxygens (including phenoxy) is 1. The molecule has 0 bridgehead atoms. The first-order valence-corrected chi connectivity index (χ1v) is 7.50. The van der Waals surface area contributed by atoms with Gasteiger partial charge in [0.05, 0.1) is 0 Å². The average Bonchev–Trinajstić information content (AvgIpc) is 2.37. The quantitative estimate of drug-likeness (QED) is 0.910. The van der Waals surface area contributed by atoms with Crippen molar-refractivity contribution in [3.8, 4) is 0 Å². The minimum atomic E-state index is -0.448. The third-order valence-electron chi connectivity index (χ3n) is 3.44. The van der Waals surface area contributed by atoms with Crippen molar-refractivity contribution in [1.82, 2.24) is 10.3 Å². The van der Waals surface area contributed by atoms with Gasteiger partial charge < -0.3 is 15.0 Å². The Bertz CT molecular complexity index is 489. The molecular formula is C16H25N3O2. The number of nitrogens with zero attached hydrogens (tertiary/aromatic N) is 2. The van der Waals surface area contributed by atoms with Gasteiger partial charge in [-0.15, -0.1) is 0 Å². The highest BCUT2D eigenvalue weighted by Gasteiger charge is 2.24. The molecule has 5 heteroatoms. The highest BCUT2D eigenvalue weighted by molar-refractivity contribution is 5.68. The number of rotatable bonds is 2. The van der Waals surface area contributed by atoms with Crippen LogP contribution < -0.4 is 10.2 Å². The fourth-order valence-corrected chi connectivity index (χ4v) is 2.42. The molecule has 0 saturated carbocycles. The van der Waals surface area contributed by atoms with Crippen LogP contribution in [0.1, 0.15) is 39.2 Å². The van der Waals surface area contributed by atoms with Gasteiger partial charge >= 0.3 is 6.09 Å². The molecule has 1 aliphatic heterocycles. The lowest BCUT2D eigenvalue weighted by Gasteiger charge is -2.33. The number of aryl methyl sites for hydroxylation is 1. The number of nitrogens with one attached hydrogen (secondary N) is 1. The lowest BCUT2D eigenvalue weighted by Crippen LogP contribution is -2.46. The van der Waals surface area contributed by atoms with Gasteiger partial charge in [-0.2, -0.15) is 0 Å². The summed E-state index contributed by atoms with van der Waals surface area (Å²) >= 11 is 0. The summed E-state index contributed by atoms with van der Waals surface area (Å²) in [6.07, 6.45) is 3.34. The Morgan fingerprint density at radius 2 is 2.05 bits per heavy atom. The molecule has 5 nitrogen and oxygen atoms in total. The molecular weight excluding hydrogens is 266 g/mol. The van der Waals surface area contributed by atoms with Crippen LogP contribution >= 0.6 is 0 Å². The number of alkyl carbamates (subject to hydrolysis) is 1. The van der Waals surface area contributed by atoms with Crippen molar-refractivity contribution >= 4 is 11.9 Å². The summed E-state index contributed by atoms with van der Waals surface area (Å²) in [5.74, 6) is 1.02. The molecule has 1 N–H and O–H groups in total. The monoisotopic (exact) mass is 291 g/mol. The lowest BCUT2D eigenvalue weighted by atomic mass is 10.1. The summed E-state index contributed by atoms with van der Waals surface area (Å²) in [6, 6.07) is 4.28. The number of carbonyl (C=O) groups is 1. The van der Waals surface area contributed by atoms with Crippen LogP contribution in [-0.2, 0) is 4.74 Å². The van der Waals surface area contributed by atoms with Crippen molar-refractivity contribution in [2.75, 3.05) is 18.0 Å². The Hall–Kier alpha value is -1.78. The van der Waals surface area contributed by atoms with Crippen molar-refractivity contribution in [2.24, 2.45) is 0 Å².